The number of aliphatic hydroxyl groups is 1. The molecule has 0 aromatic rings. The molecular formula is C77H150O17P2. The molecule has 0 radical (unpaired) electrons. The predicted molar refractivity (Wildman–Crippen MR) is 391 cm³/mol. The maximum absolute atomic E-state index is 13.1. The highest BCUT2D eigenvalue weighted by molar-refractivity contribution is 7.47. The number of hydrogen-bond donors (Lipinski definition) is 3. The molecule has 0 fully saturated rings. The van der Waals surface area contributed by atoms with E-state index in [-0.39, 0.29) is 25.7 Å². The van der Waals surface area contributed by atoms with Crippen molar-refractivity contribution < 1.29 is 80.2 Å². The van der Waals surface area contributed by atoms with Gasteiger partial charge in [0.1, 0.15) is 19.3 Å². The highest BCUT2D eigenvalue weighted by Gasteiger charge is 2.30. The summed E-state index contributed by atoms with van der Waals surface area (Å²) in [6.07, 6.45) is 56.9. The highest BCUT2D eigenvalue weighted by Crippen LogP contribution is 2.45. The first-order valence-corrected chi connectivity index (χ1v) is 43.0. The fourth-order valence-corrected chi connectivity index (χ4v) is 13.4. The molecule has 0 aliphatic heterocycles. The number of hydrogen-bond acceptors (Lipinski definition) is 15. The minimum Gasteiger partial charge on any atom is -0.462 e. The second-order valence-corrected chi connectivity index (χ2v) is 31.4. The fourth-order valence-electron chi connectivity index (χ4n) is 11.8. The molecule has 0 aromatic heterocycles. The molecule has 6 atom stereocenters. The molecule has 0 heterocycles. The third kappa shape index (κ3) is 69.2. The summed E-state index contributed by atoms with van der Waals surface area (Å²) in [5.41, 5.74) is 0. The van der Waals surface area contributed by atoms with E-state index in [9.17, 15) is 43.2 Å². The van der Waals surface area contributed by atoms with Crippen LogP contribution < -0.4 is 0 Å². The van der Waals surface area contributed by atoms with E-state index in [1.165, 1.54) is 218 Å². The Morgan fingerprint density at radius 1 is 0.302 bits per heavy atom. The van der Waals surface area contributed by atoms with Gasteiger partial charge in [0.15, 0.2) is 12.2 Å². The lowest BCUT2D eigenvalue weighted by Gasteiger charge is -2.21. The summed E-state index contributed by atoms with van der Waals surface area (Å²) < 4.78 is 68.5. The van der Waals surface area contributed by atoms with Gasteiger partial charge in [-0.1, -0.05) is 350 Å². The Labute approximate surface area is 588 Å². The van der Waals surface area contributed by atoms with Crippen molar-refractivity contribution in [3.63, 3.8) is 0 Å². The average molecular weight is 1410 g/mol. The Kier molecular flexibility index (Phi) is 67.4. The number of esters is 4. The highest BCUT2D eigenvalue weighted by atomic mass is 31.2. The van der Waals surface area contributed by atoms with Crippen LogP contribution in [0.3, 0.4) is 0 Å². The van der Waals surface area contributed by atoms with Crippen LogP contribution >= 0.6 is 15.6 Å². The van der Waals surface area contributed by atoms with Crippen LogP contribution in [-0.2, 0) is 65.4 Å². The Morgan fingerprint density at radius 3 is 0.792 bits per heavy atom. The number of phosphoric ester groups is 2. The number of carbonyl (C=O) groups excluding carboxylic acids is 4. The van der Waals surface area contributed by atoms with Crippen LogP contribution in [0.4, 0.5) is 0 Å². The van der Waals surface area contributed by atoms with E-state index in [0.29, 0.717) is 25.7 Å². The van der Waals surface area contributed by atoms with Crippen LogP contribution in [0.5, 0.6) is 0 Å². The Morgan fingerprint density at radius 2 is 0.531 bits per heavy atom. The van der Waals surface area contributed by atoms with Gasteiger partial charge in [-0.3, -0.25) is 37.3 Å². The topological polar surface area (TPSA) is 237 Å². The molecule has 0 aliphatic carbocycles. The molecule has 570 valence electrons. The number of phosphoric acid groups is 2. The Balaban J connectivity index is 5.18. The van der Waals surface area contributed by atoms with Crippen molar-refractivity contribution in [2.75, 3.05) is 39.6 Å². The van der Waals surface area contributed by atoms with E-state index in [2.05, 4.69) is 41.5 Å². The molecular weight excluding hydrogens is 1260 g/mol. The van der Waals surface area contributed by atoms with E-state index < -0.39 is 97.5 Å². The maximum atomic E-state index is 13.1. The maximum Gasteiger partial charge on any atom is 0.472 e. The normalized spacial score (nSPS) is 14.3. The zero-order valence-corrected chi connectivity index (χ0v) is 64.5. The number of unbranched alkanes of at least 4 members (excludes halogenated alkanes) is 45. The fraction of sp³-hybridized carbons (Fsp3) is 0.948. The summed E-state index contributed by atoms with van der Waals surface area (Å²) in [5.74, 6) is -0.486. The van der Waals surface area contributed by atoms with Gasteiger partial charge in [0, 0.05) is 25.7 Å². The van der Waals surface area contributed by atoms with Gasteiger partial charge in [-0.2, -0.15) is 0 Å². The van der Waals surface area contributed by atoms with Gasteiger partial charge in [-0.25, -0.2) is 9.13 Å². The molecule has 0 amide bonds. The van der Waals surface area contributed by atoms with Gasteiger partial charge in [0.05, 0.1) is 26.4 Å². The van der Waals surface area contributed by atoms with Gasteiger partial charge in [-0.15, -0.1) is 0 Å². The predicted octanol–water partition coefficient (Wildman–Crippen LogP) is 22.7. The minimum absolute atomic E-state index is 0.107. The molecule has 3 unspecified atom stereocenters. The molecule has 0 spiro atoms. The summed E-state index contributed by atoms with van der Waals surface area (Å²) in [6.45, 7) is 9.65. The van der Waals surface area contributed by atoms with E-state index in [1.807, 2.05) is 0 Å². The zero-order chi connectivity index (χ0) is 70.7. The minimum atomic E-state index is -4.96. The van der Waals surface area contributed by atoms with Crippen molar-refractivity contribution >= 4 is 39.5 Å². The van der Waals surface area contributed by atoms with Crippen molar-refractivity contribution in [1.82, 2.24) is 0 Å². The van der Waals surface area contributed by atoms with Gasteiger partial charge in [0.25, 0.3) is 0 Å². The second kappa shape index (κ2) is 68.8. The third-order valence-corrected chi connectivity index (χ3v) is 20.2. The van der Waals surface area contributed by atoms with Crippen LogP contribution in [0.2, 0.25) is 0 Å². The monoisotopic (exact) mass is 1410 g/mol. The second-order valence-electron chi connectivity index (χ2n) is 28.5. The van der Waals surface area contributed by atoms with Crippen LogP contribution in [0.15, 0.2) is 0 Å². The van der Waals surface area contributed by atoms with Crippen LogP contribution in [0, 0.1) is 11.8 Å². The van der Waals surface area contributed by atoms with Crippen LogP contribution in [0.25, 0.3) is 0 Å². The molecule has 19 heteroatoms. The Hall–Kier alpha value is -1.94. The molecule has 0 bridgehead atoms. The quantitative estimate of drug-likeness (QED) is 0.0222. The van der Waals surface area contributed by atoms with E-state index >= 15 is 0 Å². The van der Waals surface area contributed by atoms with Crippen LogP contribution in [0.1, 0.15) is 401 Å². The van der Waals surface area contributed by atoms with Gasteiger partial charge < -0.3 is 33.8 Å². The first-order valence-electron chi connectivity index (χ1n) is 40.0. The largest absolute Gasteiger partial charge is 0.472 e. The number of ether oxygens (including phenoxy) is 4. The standard InChI is InChI=1S/C77H150O17P2/c1-7-10-12-14-16-18-19-29-37-43-49-55-61-76(81)93-72(65-87-74(79)59-53-47-41-33-17-15-13-11-8-2)67-91-95(83,84)89-63-71(78)64-90-96(85,86)92-68-73(66-88-75(80)60-54-48-42-36-32-31-34-39-45-51-57-69(4)5)94-77(82)62-56-50-44-38-30-27-25-23-21-20-22-24-26-28-35-40-46-52-58-70(6)9-3/h69-73,78H,7-68H2,1-6H3,(H,83,84)(H,85,86)/t70?,71-,72+,73+/m0/s1. The summed E-state index contributed by atoms with van der Waals surface area (Å²) >= 11 is 0. The molecule has 96 heavy (non-hydrogen) atoms. The first kappa shape index (κ1) is 94.1. The van der Waals surface area contributed by atoms with Crippen LogP contribution in [-0.4, -0.2) is 96.7 Å². The summed E-state index contributed by atoms with van der Waals surface area (Å²) in [7, 11) is -9.91. The number of aliphatic hydroxyl groups excluding tert-OH is 1. The van der Waals surface area contributed by atoms with E-state index in [0.717, 1.165) is 102 Å². The Bertz CT molecular complexity index is 1860. The SMILES string of the molecule is CCCCCCCCCCCCCCC(=O)O[C@H](COC(=O)CCCCCCCCCCC)COP(=O)(O)OC[C@H](O)COP(=O)(O)OC[C@@H](COC(=O)CCCCCCCCCCCCC(C)C)OC(=O)CCCCCCCCCCCCCCCCCCCCC(C)CC. The molecule has 0 saturated heterocycles. The number of rotatable bonds is 76. The van der Waals surface area contributed by atoms with Gasteiger partial charge in [0.2, 0.25) is 0 Å². The molecule has 17 nitrogen and oxygen atoms in total. The summed E-state index contributed by atoms with van der Waals surface area (Å²) in [6, 6.07) is 0. The van der Waals surface area contributed by atoms with Gasteiger partial charge in [-0.05, 0) is 37.5 Å². The van der Waals surface area contributed by atoms with Crippen molar-refractivity contribution in [2.45, 2.75) is 419 Å². The molecule has 0 aromatic carbocycles. The number of carbonyl (C=O) groups is 4. The van der Waals surface area contributed by atoms with Crippen molar-refractivity contribution in [3.8, 4) is 0 Å². The average Bonchev–Trinajstić information content (AvgIpc) is 1.57. The van der Waals surface area contributed by atoms with Crippen molar-refractivity contribution in [2.24, 2.45) is 11.8 Å². The lowest BCUT2D eigenvalue weighted by Crippen LogP contribution is -2.30. The van der Waals surface area contributed by atoms with Crippen molar-refractivity contribution in [1.29, 1.82) is 0 Å². The molecule has 0 aliphatic rings. The zero-order valence-electron chi connectivity index (χ0n) is 62.7. The first-order chi connectivity index (χ1) is 46.4. The molecule has 3 N–H and O–H groups in total. The third-order valence-electron chi connectivity index (χ3n) is 18.3. The summed E-state index contributed by atoms with van der Waals surface area (Å²) in [5, 5.41) is 10.6. The van der Waals surface area contributed by atoms with Crippen molar-refractivity contribution in [3.05, 3.63) is 0 Å². The van der Waals surface area contributed by atoms with Gasteiger partial charge >= 0.3 is 39.5 Å². The smallest absolute Gasteiger partial charge is 0.462 e. The summed E-state index contributed by atoms with van der Waals surface area (Å²) in [4.78, 5) is 72.7. The molecule has 0 saturated carbocycles. The molecule has 0 rings (SSSR count). The van der Waals surface area contributed by atoms with E-state index in [1.54, 1.807) is 0 Å². The van der Waals surface area contributed by atoms with E-state index in [4.69, 9.17) is 37.0 Å². The lowest BCUT2D eigenvalue weighted by atomic mass is 9.99. The lowest BCUT2D eigenvalue weighted by molar-refractivity contribution is -0.161.